The van der Waals surface area contributed by atoms with Crippen LogP contribution in [-0.4, -0.2) is 25.5 Å². The van der Waals surface area contributed by atoms with Gasteiger partial charge in [0.1, 0.15) is 6.33 Å². The number of hydrogen-bond acceptors (Lipinski definition) is 4. The molecular formula is C19H21N5O. The summed E-state index contributed by atoms with van der Waals surface area (Å²) in [4.78, 5) is 21.2. The van der Waals surface area contributed by atoms with Crippen LogP contribution in [0.1, 0.15) is 47.0 Å². The Hall–Kier alpha value is -2.76. The molecule has 0 spiro atoms. The van der Waals surface area contributed by atoms with Crippen molar-refractivity contribution in [1.29, 1.82) is 0 Å². The summed E-state index contributed by atoms with van der Waals surface area (Å²) in [6.45, 7) is 3.87. The van der Waals surface area contributed by atoms with Crippen molar-refractivity contribution in [3.8, 4) is 0 Å². The fraction of sp³-hybridized carbons (Fsp3) is 0.368. The first-order valence-corrected chi connectivity index (χ1v) is 8.66. The van der Waals surface area contributed by atoms with Crippen LogP contribution in [0.15, 0.2) is 30.6 Å². The molecule has 0 saturated carbocycles. The number of carbonyl (C=O) groups excluding carboxylic acids is 1. The third kappa shape index (κ3) is 2.88. The summed E-state index contributed by atoms with van der Waals surface area (Å²) in [6.07, 6.45) is 4.97. The summed E-state index contributed by atoms with van der Waals surface area (Å²) in [5, 5.41) is 7.39. The quantitative estimate of drug-likeness (QED) is 0.798. The molecule has 6 heteroatoms. The Balaban J connectivity index is 1.56. The van der Waals surface area contributed by atoms with Gasteiger partial charge in [-0.1, -0.05) is 24.3 Å². The summed E-state index contributed by atoms with van der Waals surface area (Å²) in [5.74, 6) is 0.592. The molecule has 0 aliphatic heterocycles. The number of hydrogen-bond donors (Lipinski definition) is 1. The number of aromatic nitrogens is 4. The van der Waals surface area contributed by atoms with Crippen molar-refractivity contribution in [3.05, 3.63) is 58.7 Å². The van der Waals surface area contributed by atoms with Crippen molar-refractivity contribution >= 4 is 11.7 Å². The van der Waals surface area contributed by atoms with Crippen LogP contribution in [-0.2, 0) is 17.6 Å². The Labute approximate surface area is 146 Å². The van der Waals surface area contributed by atoms with Crippen LogP contribution in [0.3, 0.4) is 0 Å². The van der Waals surface area contributed by atoms with Crippen molar-refractivity contribution in [2.75, 3.05) is 0 Å². The second-order valence-corrected chi connectivity index (χ2v) is 6.62. The minimum atomic E-state index is 0.0224. The molecule has 1 aromatic carbocycles. The molecule has 25 heavy (non-hydrogen) atoms. The fourth-order valence-corrected chi connectivity index (χ4v) is 3.72. The summed E-state index contributed by atoms with van der Waals surface area (Å²) >= 11 is 0. The highest BCUT2D eigenvalue weighted by molar-refractivity contribution is 5.79. The van der Waals surface area contributed by atoms with E-state index in [-0.39, 0.29) is 11.9 Å². The molecule has 0 saturated heterocycles. The number of carbonyl (C=O) groups is 1. The highest BCUT2D eigenvalue weighted by Gasteiger charge is 2.22. The third-order valence-corrected chi connectivity index (χ3v) is 5.03. The van der Waals surface area contributed by atoms with Crippen molar-refractivity contribution in [1.82, 2.24) is 24.9 Å². The molecule has 0 bridgehead atoms. The number of rotatable bonds is 3. The predicted molar refractivity (Wildman–Crippen MR) is 94.2 cm³/mol. The highest BCUT2D eigenvalue weighted by Crippen LogP contribution is 2.29. The van der Waals surface area contributed by atoms with Crippen LogP contribution in [0.2, 0.25) is 0 Å². The second-order valence-electron chi connectivity index (χ2n) is 6.62. The fourth-order valence-electron chi connectivity index (χ4n) is 3.72. The lowest BCUT2D eigenvalue weighted by atomic mass is 9.87. The number of fused-ring (bicyclic) bond motifs is 2. The van der Waals surface area contributed by atoms with E-state index in [2.05, 4.69) is 38.6 Å². The number of aryl methyl sites for hydroxylation is 3. The van der Waals surface area contributed by atoms with Gasteiger partial charge < -0.3 is 5.32 Å². The molecular weight excluding hydrogens is 314 g/mol. The molecule has 1 N–H and O–H groups in total. The van der Waals surface area contributed by atoms with Gasteiger partial charge >= 0.3 is 0 Å². The maximum atomic E-state index is 12.7. The molecule has 0 radical (unpaired) electrons. The number of nitrogens with one attached hydrogen (secondary N) is 1. The molecule has 1 atom stereocenters. The topological polar surface area (TPSA) is 72.2 Å². The summed E-state index contributed by atoms with van der Waals surface area (Å²) < 4.78 is 1.69. The smallest absolute Gasteiger partial charge is 0.252 e. The van der Waals surface area contributed by atoms with Gasteiger partial charge in [0.15, 0.2) is 0 Å². The van der Waals surface area contributed by atoms with E-state index in [9.17, 15) is 4.79 Å². The molecule has 128 valence electrons. The normalized spacial score (nSPS) is 16.6. The van der Waals surface area contributed by atoms with Gasteiger partial charge in [0.25, 0.3) is 5.78 Å². The molecule has 2 aromatic heterocycles. The highest BCUT2D eigenvalue weighted by atomic mass is 16.1. The van der Waals surface area contributed by atoms with E-state index in [1.54, 1.807) is 4.52 Å². The maximum Gasteiger partial charge on any atom is 0.252 e. The Bertz CT molecular complexity index is 946. The molecule has 1 aliphatic carbocycles. The average molecular weight is 335 g/mol. The minimum absolute atomic E-state index is 0.0224. The lowest BCUT2D eigenvalue weighted by Crippen LogP contribution is -2.32. The van der Waals surface area contributed by atoms with Crippen molar-refractivity contribution in [3.63, 3.8) is 0 Å². The Morgan fingerprint density at radius 3 is 3.04 bits per heavy atom. The van der Waals surface area contributed by atoms with Gasteiger partial charge in [0.05, 0.1) is 12.5 Å². The third-order valence-electron chi connectivity index (χ3n) is 5.03. The summed E-state index contributed by atoms with van der Waals surface area (Å²) in [7, 11) is 0. The van der Waals surface area contributed by atoms with Crippen LogP contribution >= 0.6 is 0 Å². The lowest BCUT2D eigenvalue weighted by molar-refractivity contribution is -0.121. The number of nitrogens with zero attached hydrogens (tertiary/aromatic N) is 4. The van der Waals surface area contributed by atoms with Gasteiger partial charge in [0.2, 0.25) is 5.91 Å². The monoisotopic (exact) mass is 335 g/mol. The van der Waals surface area contributed by atoms with Crippen LogP contribution in [0.5, 0.6) is 0 Å². The van der Waals surface area contributed by atoms with Crippen LogP contribution < -0.4 is 5.32 Å². The first-order valence-electron chi connectivity index (χ1n) is 8.66. The number of amides is 1. The minimum Gasteiger partial charge on any atom is -0.349 e. The lowest BCUT2D eigenvalue weighted by Gasteiger charge is -2.26. The zero-order chi connectivity index (χ0) is 17.4. The molecule has 1 aliphatic rings. The van der Waals surface area contributed by atoms with E-state index in [1.807, 2.05) is 19.9 Å². The van der Waals surface area contributed by atoms with E-state index in [1.165, 1.54) is 17.5 Å². The Morgan fingerprint density at radius 2 is 2.16 bits per heavy atom. The maximum absolute atomic E-state index is 12.7. The largest absolute Gasteiger partial charge is 0.349 e. The second kappa shape index (κ2) is 6.27. The van der Waals surface area contributed by atoms with Gasteiger partial charge in [-0.3, -0.25) is 4.79 Å². The molecule has 1 amide bonds. The van der Waals surface area contributed by atoms with Crippen molar-refractivity contribution in [2.24, 2.45) is 0 Å². The summed E-state index contributed by atoms with van der Waals surface area (Å²) in [6, 6.07) is 8.49. The average Bonchev–Trinajstić information content (AvgIpc) is 3.07. The molecule has 6 nitrogen and oxygen atoms in total. The zero-order valence-electron chi connectivity index (χ0n) is 14.5. The van der Waals surface area contributed by atoms with E-state index in [0.29, 0.717) is 12.2 Å². The zero-order valence-corrected chi connectivity index (χ0v) is 14.5. The molecule has 0 unspecified atom stereocenters. The van der Waals surface area contributed by atoms with Gasteiger partial charge in [-0.15, -0.1) is 0 Å². The van der Waals surface area contributed by atoms with Crippen LogP contribution in [0.25, 0.3) is 5.78 Å². The Kier molecular flexibility index (Phi) is 3.95. The number of benzene rings is 1. The van der Waals surface area contributed by atoms with Crippen molar-refractivity contribution < 1.29 is 4.79 Å². The van der Waals surface area contributed by atoms with E-state index < -0.39 is 0 Å². The van der Waals surface area contributed by atoms with Crippen LogP contribution in [0, 0.1) is 13.8 Å². The Morgan fingerprint density at radius 1 is 1.32 bits per heavy atom. The standard InChI is InChI=1S/C19H21N5O/c1-12-16(13(2)24-19(22-12)20-11-21-24)10-18(25)23-17-9-5-7-14-6-3-4-8-15(14)17/h3-4,6,8,11,17H,5,7,9-10H2,1-2H3,(H,23,25)/t17-/m0/s1. The van der Waals surface area contributed by atoms with Gasteiger partial charge in [-0.25, -0.2) is 9.50 Å². The molecule has 4 rings (SSSR count). The van der Waals surface area contributed by atoms with Gasteiger partial charge in [-0.05, 0) is 44.2 Å². The summed E-state index contributed by atoms with van der Waals surface area (Å²) in [5.41, 5.74) is 5.26. The van der Waals surface area contributed by atoms with E-state index in [4.69, 9.17) is 0 Å². The van der Waals surface area contributed by atoms with Gasteiger partial charge in [-0.2, -0.15) is 10.1 Å². The van der Waals surface area contributed by atoms with Gasteiger partial charge in [0, 0.05) is 17.0 Å². The molecule has 0 fully saturated rings. The van der Waals surface area contributed by atoms with E-state index in [0.717, 1.165) is 36.2 Å². The van der Waals surface area contributed by atoms with E-state index >= 15 is 0 Å². The molecule has 2 heterocycles. The molecule has 3 aromatic rings. The first kappa shape index (κ1) is 15.7. The SMILES string of the molecule is Cc1nc2ncnn2c(C)c1CC(=O)N[C@H]1CCCc2ccccc21. The van der Waals surface area contributed by atoms with Crippen LogP contribution in [0.4, 0.5) is 0 Å². The van der Waals surface area contributed by atoms with Crippen molar-refractivity contribution in [2.45, 2.75) is 45.6 Å². The predicted octanol–water partition coefficient (Wildman–Crippen LogP) is 2.48. The first-order chi connectivity index (χ1) is 12.1.